The van der Waals surface area contributed by atoms with E-state index in [2.05, 4.69) is 43.4 Å². The van der Waals surface area contributed by atoms with Gasteiger partial charge >= 0.3 is 0 Å². The molecule has 1 aliphatic carbocycles. The van der Waals surface area contributed by atoms with Gasteiger partial charge in [-0.2, -0.15) is 0 Å². The molecule has 1 aliphatic heterocycles. The molecule has 1 aromatic rings. The van der Waals surface area contributed by atoms with Gasteiger partial charge in [-0.15, -0.1) is 0 Å². The van der Waals surface area contributed by atoms with Crippen LogP contribution >= 0.6 is 0 Å². The Morgan fingerprint density at radius 1 is 1.30 bits per heavy atom. The Kier molecular flexibility index (Phi) is 4.42. The Morgan fingerprint density at radius 3 is 2.95 bits per heavy atom. The smallest absolute Gasteiger partial charge is 0.0627 e. The average molecular weight is 273 g/mol. The lowest BCUT2D eigenvalue weighted by Crippen LogP contribution is -2.40. The van der Waals surface area contributed by atoms with Crippen molar-refractivity contribution in [1.29, 1.82) is 0 Å². The van der Waals surface area contributed by atoms with Crippen LogP contribution in [-0.4, -0.2) is 18.8 Å². The van der Waals surface area contributed by atoms with E-state index < -0.39 is 0 Å². The standard InChI is InChI=1S/C18H27NO/c1-3-16(14-8-6-7-13(2)11-14)19-17-12-20-18-10-5-4-9-15(17)18/h6-8,11,15-19H,3-5,9-10,12H2,1-2H3. The first-order valence-corrected chi connectivity index (χ1v) is 8.22. The van der Waals surface area contributed by atoms with Crippen LogP contribution in [-0.2, 0) is 4.74 Å². The number of rotatable bonds is 4. The van der Waals surface area contributed by atoms with E-state index in [1.165, 1.54) is 36.8 Å². The summed E-state index contributed by atoms with van der Waals surface area (Å²) >= 11 is 0. The minimum atomic E-state index is 0.462. The molecule has 20 heavy (non-hydrogen) atoms. The number of fused-ring (bicyclic) bond motifs is 1. The number of hydrogen-bond donors (Lipinski definition) is 1. The van der Waals surface area contributed by atoms with Gasteiger partial charge in [0.15, 0.2) is 0 Å². The fourth-order valence-electron chi connectivity index (χ4n) is 3.91. The molecular formula is C18H27NO. The van der Waals surface area contributed by atoms with Crippen LogP contribution in [0, 0.1) is 12.8 Å². The van der Waals surface area contributed by atoms with E-state index >= 15 is 0 Å². The normalized spacial score (nSPS) is 31.0. The number of benzene rings is 1. The third-order valence-electron chi connectivity index (χ3n) is 5.03. The number of aryl methyl sites for hydroxylation is 1. The summed E-state index contributed by atoms with van der Waals surface area (Å²) in [7, 11) is 0. The van der Waals surface area contributed by atoms with Gasteiger partial charge in [-0.3, -0.25) is 0 Å². The second-order valence-corrected chi connectivity index (χ2v) is 6.47. The molecule has 0 radical (unpaired) electrons. The Labute approximate surface area is 122 Å². The highest BCUT2D eigenvalue weighted by molar-refractivity contribution is 5.25. The molecule has 2 nitrogen and oxygen atoms in total. The maximum Gasteiger partial charge on any atom is 0.0627 e. The van der Waals surface area contributed by atoms with Crippen LogP contribution in [0.5, 0.6) is 0 Å². The van der Waals surface area contributed by atoms with E-state index in [0.717, 1.165) is 18.9 Å². The molecule has 1 N–H and O–H groups in total. The van der Waals surface area contributed by atoms with Crippen LogP contribution in [0.1, 0.15) is 56.2 Å². The van der Waals surface area contributed by atoms with Crippen molar-refractivity contribution < 1.29 is 4.74 Å². The zero-order chi connectivity index (χ0) is 13.9. The molecule has 2 fully saturated rings. The summed E-state index contributed by atoms with van der Waals surface area (Å²) in [6.45, 7) is 5.35. The van der Waals surface area contributed by atoms with Gasteiger partial charge < -0.3 is 10.1 Å². The lowest BCUT2D eigenvalue weighted by molar-refractivity contribution is 0.0663. The first-order valence-electron chi connectivity index (χ1n) is 8.22. The van der Waals surface area contributed by atoms with E-state index in [0.29, 0.717) is 18.2 Å². The Balaban J connectivity index is 1.69. The highest BCUT2D eigenvalue weighted by Crippen LogP contribution is 2.35. The molecule has 3 rings (SSSR count). The Hall–Kier alpha value is -0.860. The van der Waals surface area contributed by atoms with Gasteiger partial charge in [0, 0.05) is 18.0 Å². The maximum absolute atomic E-state index is 6.01. The fourth-order valence-corrected chi connectivity index (χ4v) is 3.91. The van der Waals surface area contributed by atoms with Crippen LogP contribution in [0.2, 0.25) is 0 Å². The van der Waals surface area contributed by atoms with Crippen LogP contribution in [0.4, 0.5) is 0 Å². The van der Waals surface area contributed by atoms with Gasteiger partial charge in [0.1, 0.15) is 0 Å². The van der Waals surface area contributed by atoms with E-state index in [9.17, 15) is 0 Å². The molecule has 1 heterocycles. The van der Waals surface area contributed by atoms with Crippen molar-refractivity contribution in [3.63, 3.8) is 0 Å². The third-order valence-corrected chi connectivity index (χ3v) is 5.03. The highest BCUT2D eigenvalue weighted by Gasteiger charge is 2.39. The van der Waals surface area contributed by atoms with Gasteiger partial charge in [0.25, 0.3) is 0 Å². The van der Waals surface area contributed by atoms with Crippen molar-refractivity contribution in [1.82, 2.24) is 5.32 Å². The predicted molar refractivity (Wildman–Crippen MR) is 82.8 cm³/mol. The summed E-state index contributed by atoms with van der Waals surface area (Å²) in [6, 6.07) is 9.92. The summed E-state index contributed by atoms with van der Waals surface area (Å²) in [5, 5.41) is 3.88. The van der Waals surface area contributed by atoms with Crippen LogP contribution < -0.4 is 5.32 Å². The molecule has 2 heteroatoms. The summed E-state index contributed by atoms with van der Waals surface area (Å²) in [6.07, 6.45) is 7.00. The molecule has 0 bridgehead atoms. The van der Waals surface area contributed by atoms with E-state index in [1.54, 1.807) is 0 Å². The zero-order valence-electron chi connectivity index (χ0n) is 12.8. The van der Waals surface area contributed by atoms with Crippen molar-refractivity contribution in [3.05, 3.63) is 35.4 Å². The topological polar surface area (TPSA) is 21.3 Å². The minimum Gasteiger partial charge on any atom is -0.376 e. The monoisotopic (exact) mass is 273 g/mol. The Bertz CT molecular complexity index is 445. The highest BCUT2D eigenvalue weighted by atomic mass is 16.5. The number of hydrogen-bond acceptors (Lipinski definition) is 2. The van der Waals surface area contributed by atoms with E-state index in [-0.39, 0.29) is 0 Å². The van der Waals surface area contributed by atoms with Gasteiger partial charge in [0.05, 0.1) is 12.7 Å². The van der Waals surface area contributed by atoms with Crippen molar-refractivity contribution in [2.24, 2.45) is 5.92 Å². The fraction of sp³-hybridized carbons (Fsp3) is 0.667. The number of nitrogens with one attached hydrogen (secondary N) is 1. The summed E-state index contributed by atoms with van der Waals surface area (Å²) in [5.41, 5.74) is 2.77. The van der Waals surface area contributed by atoms with Crippen molar-refractivity contribution in [2.75, 3.05) is 6.61 Å². The predicted octanol–water partition coefficient (Wildman–Crippen LogP) is 3.99. The van der Waals surface area contributed by atoms with Gasteiger partial charge in [-0.25, -0.2) is 0 Å². The summed E-state index contributed by atoms with van der Waals surface area (Å²) in [4.78, 5) is 0. The molecule has 0 spiro atoms. The van der Waals surface area contributed by atoms with Crippen LogP contribution in [0.15, 0.2) is 24.3 Å². The van der Waals surface area contributed by atoms with E-state index in [1.807, 2.05) is 0 Å². The van der Waals surface area contributed by atoms with Crippen molar-refractivity contribution >= 4 is 0 Å². The molecule has 1 saturated heterocycles. The van der Waals surface area contributed by atoms with E-state index in [4.69, 9.17) is 4.74 Å². The van der Waals surface area contributed by atoms with Crippen molar-refractivity contribution in [3.8, 4) is 0 Å². The second kappa shape index (κ2) is 6.28. The third kappa shape index (κ3) is 2.91. The molecule has 110 valence electrons. The Morgan fingerprint density at radius 2 is 2.15 bits per heavy atom. The molecule has 2 aliphatic rings. The van der Waals surface area contributed by atoms with Crippen LogP contribution in [0.3, 0.4) is 0 Å². The molecule has 1 aromatic carbocycles. The minimum absolute atomic E-state index is 0.462. The lowest BCUT2D eigenvalue weighted by Gasteiger charge is -2.30. The molecule has 4 unspecified atom stereocenters. The second-order valence-electron chi connectivity index (χ2n) is 6.47. The first kappa shape index (κ1) is 14.1. The van der Waals surface area contributed by atoms with Gasteiger partial charge in [-0.1, -0.05) is 49.6 Å². The number of ether oxygens (including phenoxy) is 1. The molecule has 0 amide bonds. The van der Waals surface area contributed by atoms with Gasteiger partial charge in [-0.05, 0) is 31.7 Å². The molecular weight excluding hydrogens is 246 g/mol. The quantitative estimate of drug-likeness (QED) is 0.895. The zero-order valence-corrected chi connectivity index (χ0v) is 12.8. The molecule has 0 aromatic heterocycles. The lowest BCUT2D eigenvalue weighted by atomic mass is 9.83. The SMILES string of the molecule is CCC(NC1COC2CCCCC12)c1cccc(C)c1. The molecule has 4 atom stereocenters. The summed E-state index contributed by atoms with van der Waals surface area (Å²) < 4.78 is 6.01. The first-order chi connectivity index (χ1) is 9.78. The largest absolute Gasteiger partial charge is 0.376 e. The maximum atomic E-state index is 6.01. The van der Waals surface area contributed by atoms with Crippen molar-refractivity contribution in [2.45, 2.75) is 64.1 Å². The molecule has 1 saturated carbocycles. The summed E-state index contributed by atoms with van der Waals surface area (Å²) in [5.74, 6) is 0.739. The van der Waals surface area contributed by atoms with Crippen LogP contribution in [0.25, 0.3) is 0 Å². The average Bonchev–Trinajstić information content (AvgIpc) is 2.88. The van der Waals surface area contributed by atoms with Gasteiger partial charge in [0.2, 0.25) is 0 Å².